The lowest BCUT2D eigenvalue weighted by atomic mass is 10.2. The SMILES string of the molecule is O=S=C1C=c2ccccc2=NC1. The van der Waals surface area contributed by atoms with Gasteiger partial charge in [0, 0.05) is 5.22 Å². The van der Waals surface area contributed by atoms with Crippen LogP contribution in [-0.2, 0) is 11.3 Å². The topological polar surface area (TPSA) is 29.4 Å². The van der Waals surface area contributed by atoms with Crippen molar-refractivity contribution in [2.75, 3.05) is 6.54 Å². The number of hydrogen-bond donors (Lipinski definition) is 0. The minimum absolute atomic E-state index is 0.527. The summed E-state index contributed by atoms with van der Waals surface area (Å²) in [5.74, 6) is 0. The lowest BCUT2D eigenvalue weighted by Gasteiger charge is -1.98. The molecule has 0 amide bonds. The molecule has 0 N–H and O–H groups in total. The number of hydrogen-bond acceptors (Lipinski definition) is 2. The average Bonchev–Trinajstić information content (AvgIpc) is 2.17. The molecule has 60 valence electrons. The highest BCUT2D eigenvalue weighted by molar-refractivity contribution is 7.67. The van der Waals surface area contributed by atoms with Crippen LogP contribution in [0, 0.1) is 0 Å². The summed E-state index contributed by atoms with van der Waals surface area (Å²) in [5, 5.41) is 2.03. The van der Waals surface area contributed by atoms with Crippen LogP contribution < -0.4 is 10.6 Å². The van der Waals surface area contributed by atoms with Gasteiger partial charge in [-0.2, -0.15) is 0 Å². The van der Waals surface area contributed by atoms with E-state index in [-0.39, 0.29) is 0 Å². The van der Waals surface area contributed by atoms with E-state index in [1.807, 2.05) is 30.3 Å². The molecule has 0 spiro atoms. The second-order valence-corrected chi connectivity index (χ2v) is 3.26. The van der Waals surface area contributed by atoms with E-state index in [9.17, 15) is 4.21 Å². The lowest BCUT2D eigenvalue weighted by molar-refractivity contribution is 0.701. The largest absolute Gasteiger partial charge is 0.279 e. The Bertz CT molecular complexity index is 472. The number of rotatable bonds is 0. The summed E-state index contributed by atoms with van der Waals surface area (Å²) in [4.78, 5) is 5.04. The van der Waals surface area contributed by atoms with Crippen LogP contribution in [0.4, 0.5) is 0 Å². The van der Waals surface area contributed by atoms with Gasteiger partial charge in [-0.05, 0) is 12.1 Å². The van der Waals surface area contributed by atoms with Crippen LogP contribution in [-0.4, -0.2) is 15.6 Å². The number of para-hydroxylation sites is 1. The molecule has 0 radical (unpaired) electrons. The van der Waals surface area contributed by atoms with E-state index in [0.717, 1.165) is 15.4 Å². The Morgan fingerprint density at radius 1 is 1.33 bits per heavy atom. The van der Waals surface area contributed by atoms with Crippen molar-refractivity contribution in [1.29, 1.82) is 0 Å². The molecule has 0 unspecified atom stereocenters. The van der Waals surface area contributed by atoms with Gasteiger partial charge >= 0.3 is 0 Å². The van der Waals surface area contributed by atoms with Crippen molar-refractivity contribution in [3.05, 3.63) is 34.8 Å². The first kappa shape index (κ1) is 7.43. The van der Waals surface area contributed by atoms with E-state index >= 15 is 0 Å². The first-order valence-electron chi connectivity index (χ1n) is 3.67. The van der Waals surface area contributed by atoms with Crippen molar-refractivity contribution in [3.8, 4) is 0 Å². The third-order valence-electron chi connectivity index (χ3n) is 1.77. The summed E-state index contributed by atoms with van der Waals surface area (Å²) in [6.45, 7) is 0.533. The predicted molar refractivity (Wildman–Crippen MR) is 49.7 cm³/mol. The zero-order valence-corrected chi connectivity index (χ0v) is 7.17. The van der Waals surface area contributed by atoms with E-state index < -0.39 is 0 Å². The molecule has 1 heterocycles. The molecule has 0 fully saturated rings. The third kappa shape index (κ3) is 1.23. The van der Waals surface area contributed by atoms with E-state index in [1.165, 1.54) is 0 Å². The molecule has 2 nitrogen and oxygen atoms in total. The maximum absolute atomic E-state index is 10.5. The van der Waals surface area contributed by atoms with E-state index in [0.29, 0.717) is 17.8 Å². The summed E-state index contributed by atoms with van der Waals surface area (Å²) >= 11 is 0.527. The highest BCUT2D eigenvalue weighted by Crippen LogP contribution is 1.83. The zero-order chi connectivity index (χ0) is 8.39. The maximum Gasteiger partial charge on any atom is 0.0940 e. The summed E-state index contributed by atoms with van der Waals surface area (Å²) in [7, 11) is 0. The van der Waals surface area contributed by atoms with Gasteiger partial charge in [0.15, 0.2) is 0 Å². The Morgan fingerprint density at radius 3 is 3.00 bits per heavy atom. The van der Waals surface area contributed by atoms with Crippen molar-refractivity contribution < 1.29 is 4.21 Å². The molecule has 2 rings (SSSR count). The molecule has 0 aliphatic carbocycles. The normalized spacial score (nSPS) is 14.2. The van der Waals surface area contributed by atoms with Crippen molar-refractivity contribution in [3.63, 3.8) is 0 Å². The summed E-state index contributed by atoms with van der Waals surface area (Å²) in [6.07, 6.45) is 1.90. The van der Waals surface area contributed by atoms with E-state index in [1.54, 1.807) is 0 Å². The third-order valence-corrected chi connectivity index (χ3v) is 2.23. The molecule has 0 saturated carbocycles. The molecule has 0 aromatic heterocycles. The lowest BCUT2D eigenvalue weighted by Crippen LogP contribution is -2.30. The quantitative estimate of drug-likeness (QED) is 0.491. The van der Waals surface area contributed by atoms with Gasteiger partial charge in [-0.3, -0.25) is 4.99 Å². The minimum atomic E-state index is 0.527. The van der Waals surface area contributed by atoms with Gasteiger partial charge < -0.3 is 0 Å². The zero-order valence-electron chi connectivity index (χ0n) is 6.36. The van der Waals surface area contributed by atoms with Crippen LogP contribution in [0.5, 0.6) is 0 Å². The van der Waals surface area contributed by atoms with Crippen molar-refractivity contribution in [1.82, 2.24) is 0 Å². The van der Waals surface area contributed by atoms with E-state index in [4.69, 9.17) is 0 Å². The number of benzene rings is 1. The van der Waals surface area contributed by atoms with Crippen LogP contribution in [0.25, 0.3) is 6.08 Å². The standard InChI is InChI=1S/C9H7NOS/c11-12-8-5-7-3-1-2-4-9(7)10-6-8/h1-5H,6H2. The molecule has 1 aromatic rings. The second kappa shape index (κ2) is 3.03. The first-order chi connectivity index (χ1) is 5.90. The molecule has 1 aromatic carbocycles. The molecule has 12 heavy (non-hydrogen) atoms. The van der Waals surface area contributed by atoms with Gasteiger partial charge in [-0.15, -0.1) is 0 Å². The maximum atomic E-state index is 10.5. The molecule has 1 aliphatic rings. The Labute approximate surface area is 73.3 Å². The van der Waals surface area contributed by atoms with Crippen LogP contribution in [0.3, 0.4) is 0 Å². The summed E-state index contributed by atoms with van der Waals surface area (Å²) in [6, 6.07) is 7.82. The number of nitrogens with zero attached hydrogens (tertiary/aromatic N) is 1. The van der Waals surface area contributed by atoms with Crippen molar-refractivity contribution in [2.24, 2.45) is 4.99 Å². The van der Waals surface area contributed by atoms with Gasteiger partial charge in [0.05, 0.1) is 28.0 Å². The van der Waals surface area contributed by atoms with Gasteiger partial charge in [0.2, 0.25) is 0 Å². The van der Waals surface area contributed by atoms with Crippen LogP contribution in [0.2, 0.25) is 0 Å². The summed E-state index contributed by atoms with van der Waals surface area (Å²) in [5.41, 5.74) is 0. The highest BCUT2D eigenvalue weighted by Gasteiger charge is 1.98. The number of fused-ring (bicyclic) bond motifs is 1. The predicted octanol–water partition coefficient (Wildman–Crippen LogP) is -0.514. The van der Waals surface area contributed by atoms with Gasteiger partial charge in [-0.1, -0.05) is 18.2 Å². The first-order valence-corrected chi connectivity index (χ1v) is 4.41. The highest BCUT2D eigenvalue weighted by atomic mass is 32.1. The van der Waals surface area contributed by atoms with Crippen molar-refractivity contribution in [2.45, 2.75) is 0 Å². The van der Waals surface area contributed by atoms with Crippen LogP contribution >= 0.6 is 0 Å². The average molecular weight is 177 g/mol. The van der Waals surface area contributed by atoms with Gasteiger partial charge in [0.1, 0.15) is 0 Å². The Balaban J connectivity index is 2.80. The van der Waals surface area contributed by atoms with Gasteiger partial charge in [-0.25, -0.2) is 4.21 Å². The fourth-order valence-electron chi connectivity index (χ4n) is 1.19. The van der Waals surface area contributed by atoms with Crippen molar-refractivity contribution >= 4 is 22.2 Å². The second-order valence-electron chi connectivity index (χ2n) is 2.57. The van der Waals surface area contributed by atoms with Crippen LogP contribution in [0.1, 0.15) is 0 Å². The van der Waals surface area contributed by atoms with E-state index in [2.05, 4.69) is 4.99 Å². The fourth-order valence-corrected chi connectivity index (χ4v) is 1.48. The minimum Gasteiger partial charge on any atom is -0.279 e. The van der Waals surface area contributed by atoms with Gasteiger partial charge in [0.25, 0.3) is 0 Å². The Kier molecular flexibility index (Phi) is 1.87. The van der Waals surface area contributed by atoms with Crippen LogP contribution in [0.15, 0.2) is 29.3 Å². The monoisotopic (exact) mass is 177 g/mol. The molecule has 0 bridgehead atoms. The molecule has 0 saturated heterocycles. The molecular formula is C9H7NOS. The Morgan fingerprint density at radius 2 is 2.17 bits per heavy atom. The molecule has 1 aliphatic heterocycles. The summed E-state index contributed by atoms with van der Waals surface area (Å²) < 4.78 is 10.5. The molecule has 3 heteroatoms. The smallest absolute Gasteiger partial charge is 0.0940 e. The Hall–Kier alpha value is -1.22. The molecule has 0 atom stereocenters. The molecular weight excluding hydrogens is 170 g/mol. The fraction of sp³-hybridized carbons (Fsp3) is 0.111.